The van der Waals surface area contributed by atoms with Gasteiger partial charge in [0.25, 0.3) is 0 Å². The van der Waals surface area contributed by atoms with Gasteiger partial charge in [0.15, 0.2) is 6.29 Å². The second-order valence-electron chi connectivity index (χ2n) is 15.6. The first-order valence-electron chi connectivity index (χ1n) is 17.9. The molecule has 1 aromatic rings. The molecule has 0 amide bonds. The summed E-state index contributed by atoms with van der Waals surface area (Å²) in [6, 6.07) is 10.1. The molecule has 0 bridgehead atoms. The summed E-state index contributed by atoms with van der Waals surface area (Å²) in [5, 5.41) is 23.6. The molecule has 6 rings (SSSR count). The van der Waals surface area contributed by atoms with E-state index in [0.29, 0.717) is 12.0 Å². The van der Waals surface area contributed by atoms with Crippen LogP contribution in [0.5, 0.6) is 0 Å². The third-order valence-electron chi connectivity index (χ3n) is 13.3. The third kappa shape index (κ3) is 5.86. The molecule has 1 heterocycles. The molecule has 5 aliphatic rings. The Bertz CT molecular complexity index is 1430. The van der Waals surface area contributed by atoms with E-state index in [4.69, 9.17) is 18.9 Å². The van der Waals surface area contributed by atoms with Crippen molar-refractivity contribution in [2.45, 2.75) is 139 Å². The normalized spacial score (nSPS) is 44.2. The van der Waals surface area contributed by atoms with Crippen LogP contribution in [0.15, 0.2) is 70.7 Å². The van der Waals surface area contributed by atoms with Gasteiger partial charge in [-0.05, 0) is 108 Å². The van der Waals surface area contributed by atoms with Crippen LogP contribution >= 0.6 is 11.8 Å². The Kier molecular flexibility index (Phi) is 10.2. The van der Waals surface area contributed by atoms with Crippen LogP contribution in [0.3, 0.4) is 0 Å². The van der Waals surface area contributed by atoms with E-state index in [1.165, 1.54) is 5.57 Å². The van der Waals surface area contributed by atoms with Gasteiger partial charge in [0.1, 0.15) is 18.3 Å². The van der Waals surface area contributed by atoms with Gasteiger partial charge in [-0.1, -0.05) is 61.9 Å². The van der Waals surface area contributed by atoms with E-state index in [0.717, 1.165) is 49.0 Å². The Morgan fingerprint density at radius 3 is 2.52 bits per heavy atom. The topological polar surface area (TPSA) is 94.5 Å². The highest BCUT2D eigenvalue weighted by Gasteiger charge is 2.70. The monoisotopic (exact) mass is 680 g/mol. The van der Waals surface area contributed by atoms with E-state index in [-0.39, 0.29) is 40.5 Å². The molecule has 0 spiro atoms. The van der Waals surface area contributed by atoms with Crippen molar-refractivity contribution in [3.63, 3.8) is 0 Å². The van der Waals surface area contributed by atoms with Gasteiger partial charge >= 0.3 is 5.97 Å². The van der Waals surface area contributed by atoms with Crippen molar-refractivity contribution in [2.24, 2.45) is 28.6 Å². The molecule has 9 unspecified atom stereocenters. The molecular formula is C40H56O7S. The van der Waals surface area contributed by atoms with Gasteiger partial charge in [0, 0.05) is 23.0 Å². The van der Waals surface area contributed by atoms with Crippen molar-refractivity contribution in [2.75, 3.05) is 7.11 Å². The molecule has 4 aliphatic carbocycles. The summed E-state index contributed by atoms with van der Waals surface area (Å²) in [7, 11) is 1.65. The summed E-state index contributed by atoms with van der Waals surface area (Å²) in [4.78, 5) is 14.4. The number of carbonyl (C=O) groups is 1. The number of carbonyl (C=O) groups excluding carboxylic acids is 1. The molecule has 2 N–H and O–H groups in total. The largest absolute Gasteiger partial charge is 0.458 e. The molecule has 1 aromatic carbocycles. The van der Waals surface area contributed by atoms with E-state index < -0.39 is 41.7 Å². The minimum absolute atomic E-state index is 0.0492. The quantitative estimate of drug-likeness (QED) is 0.167. The fourth-order valence-corrected chi connectivity index (χ4v) is 11.6. The lowest BCUT2D eigenvalue weighted by molar-refractivity contribution is -0.262. The van der Waals surface area contributed by atoms with Gasteiger partial charge < -0.3 is 29.2 Å². The molecule has 7 nitrogen and oxygen atoms in total. The number of thioether (sulfide) groups is 1. The van der Waals surface area contributed by atoms with Crippen LogP contribution in [0, 0.1) is 28.6 Å². The zero-order valence-electron chi connectivity index (χ0n) is 29.8. The minimum atomic E-state index is -0.962. The van der Waals surface area contributed by atoms with E-state index in [2.05, 4.69) is 45.6 Å². The second-order valence-corrected chi connectivity index (χ2v) is 16.9. The molecule has 1 aliphatic heterocycles. The van der Waals surface area contributed by atoms with Crippen LogP contribution in [0.25, 0.3) is 0 Å². The van der Waals surface area contributed by atoms with Crippen LogP contribution in [0.1, 0.15) is 86.5 Å². The van der Waals surface area contributed by atoms with E-state index in [1.54, 1.807) is 31.9 Å². The minimum Gasteiger partial charge on any atom is -0.458 e. The van der Waals surface area contributed by atoms with E-state index in [9.17, 15) is 15.0 Å². The number of benzene rings is 1. The number of allylic oxidation sites excluding steroid dienone is 3. The Balaban J connectivity index is 1.26. The lowest BCUT2D eigenvalue weighted by Crippen LogP contribution is -2.66. The maximum atomic E-state index is 13.3. The molecule has 1 saturated heterocycles. The Hall–Kier alpha value is -1.94. The third-order valence-corrected chi connectivity index (χ3v) is 14.6. The van der Waals surface area contributed by atoms with Crippen molar-refractivity contribution < 1.29 is 34.0 Å². The summed E-state index contributed by atoms with van der Waals surface area (Å²) >= 11 is 1.63. The predicted molar refractivity (Wildman–Crippen MR) is 188 cm³/mol. The lowest BCUT2D eigenvalue weighted by Gasteiger charge is -2.63. The zero-order chi connectivity index (χ0) is 34.6. The summed E-state index contributed by atoms with van der Waals surface area (Å²) < 4.78 is 25.5. The molecule has 0 aromatic heterocycles. The molecule has 48 heavy (non-hydrogen) atoms. The maximum Gasteiger partial charge on any atom is 0.333 e. The van der Waals surface area contributed by atoms with Gasteiger partial charge in [-0.2, -0.15) is 0 Å². The number of hydrogen-bond acceptors (Lipinski definition) is 8. The summed E-state index contributed by atoms with van der Waals surface area (Å²) in [6.45, 7) is 16.4. The highest BCUT2D eigenvalue weighted by molar-refractivity contribution is 8.00. The summed E-state index contributed by atoms with van der Waals surface area (Å²) in [6.07, 6.45) is 7.16. The fraction of sp³-hybridized carbons (Fsp3) is 0.675. The van der Waals surface area contributed by atoms with E-state index in [1.807, 2.05) is 32.0 Å². The molecule has 4 fully saturated rings. The number of ether oxygens (including phenoxy) is 4. The summed E-state index contributed by atoms with van der Waals surface area (Å²) in [5.74, 6) is 0.0387. The van der Waals surface area contributed by atoms with Gasteiger partial charge in [-0.25, -0.2) is 4.79 Å². The van der Waals surface area contributed by atoms with Crippen LogP contribution in [0.4, 0.5) is 0 Å². The van der Waals surface area contributed by atoms with Crippen molar-refractivity contribution in [1.29, 1.82) is 0 Å². The highest BCUT2D eigenvalue weighted by Crippen LogP contribution is 2.69. The zero-order valence-corrected chi connectivity index (χ0v) is 30.6. The number of methoxy groups -OCH3 is 1. The number of fused-ring (bicyclic) bond motifs is 5. The van der Waals surface area contributed by atoms with Gasteiger partial charge in [-0.15, -0.1) is 11.8 Å². The predicted octanol–water partition coefficient (Wildman–Crippen LogP) is 7.41. The highest BCUT2D eigenvalue weighted by atomic mass is 32.2. The van der Waals surface area contributed by atoms with E-state index >= 15 is 0 Å². The molecule has 264 valence electrons. The number of aliphatic hydroxyl groups excluding tert-OH is 1. The Morgan fingerprint density at radius 1 is 1.12 bits per heavy atom. The van der Waals surface area contributed by atoms with Gasteiger partial charge in [0.05, 0.1) is 23.1 Å². The smallest absolute Gasteiger partial charge is 0.333 e. The average molecular weight is 681 g/mol. The van der Waals surface area contributed by atoms with Crippen LogP contribution in [-0.2, 0) is 23.7 Å². The first kappa shape index (κ1) is 35.9. The van der Waals surface area contributed by atoms with Gasteiger partial charge in [-0.3, -0.25) is 0 Å². The number of rotatable bonds is 8. The van der Waals surface area contributed by atoms with Crippen LogP contribution in [-0.4, -0.2) is 71.0 Å². The van der Waals surface area contributed by atoms with Crippen molar-refractivity contribution in [3.8, 4) is 0 Å². The molecular weight excluding hydrogens is 625 g/mol. The second kappa shape index (κ2) is 13.6. The SMILES string of the molecule is C=C(C)C1CC[C@]2(O)C3CC=C4CC(OC5OC(C)C(O)C(OC)C5Sc5ccccc5)CC[C@]4(C)C3C[C@@H](OC(=O)/C(C)=C/C)[C@]12C. The first-order chi connectivity index (χ1) is 22.8. The number of hydrogen-bond donors (Lipinski definition) is 2. The lowest BCUT2D eigenvalue weighted by atomic mass is 9.44. The van der Waals surface area contributed by atoms with Crippen LogP contribution in [0.2, 0.25) is 0 Å². The van der Waals surface area contributed by atoms with Crippen molar-refractivity contribution in [1.82, 2.24) is 0 Å². The summed E-state index contributed by atoms with van der Waals surface area (Å²) in [5.41, 5.74) is 1.30. The maximum absolute atomic E-state index is 13.3. The number of esters is 1. The molecule has 13 atom stereocenters. The molecule has 0 radical (unpaired) electrons. The standard InChI is InChI=1S/C40H56O7S/c1-9-24(4)36(42)47-32-22-31-30(40(43)20-18-29(23(2)3)39(32,40)7)16-15-26-21-27(17-19-38(26,31)6)46-37-35(48-28-13-11-10-12-14-28)34(44-8)33(41)25(5)45-37/h9-15,25,27,29-35,37,41,43H,2,16-22H2,1,3-8H3/b24-9+/t25?,27?,29?,30?,31?,32-,33?,34?,35?,37?,38+,39+,40+/m1/s1. The molecule has 8 heteroatoms. The van der Waals surface area contributed by atoms with Crippen LogP contribution < -0.4 is 0 Å². The average Bonchev–Trinajstić information content (AvgIpc) is 3.36. The Labute approximate surface area is 291 Å². The number of aliphatic hydroxyl groups is 2. The van der Waals surface area contributed by atoms with Gasteiger partial charge in [0.2, 0.25) is 0 Å². The first-order valence-corrected chi connectivity index (χ1v) is 18.8. The van der Waals surface area contributed by atoms with Crippen molar-refractivity contribution in [3.05, 3.63) is 65.8 Å². The fourth-order valence-electron chi connectivity index (χ4n) is 10.3. The van der Waals surface area contributed by atoms with Crippen molar-refractivity contribution >= 4 is 17.7 Å². The Morgan fingerprint density at radius 2 is 1.85 bits per heavy atom. The molecule has 3 saturated carbocycles.